The number of pyridine rings is 1. The van der Waals surface area contributed by atoms with Crippen molar-refractivity contribution in [2.45, 2.75) is 33.9 Å². The molecular formula is C26H31N3O3. The molecule has 3 rings (SSSR count). The molecule has 6 heteroatoms. The number of ether oxygens (including phenoxy) is 2. The van der Waals surface area contributed by atoms with Crippen molar-refractivity contribution in [2.24, 2.45) is 0 Å². The van der Waals surface area contributed by atoms with E-state index in [0.29, 0.717) is 36.1 Å². The van der Waals surface area contributed by atoms with Crippen LogP contribution in [0.25, 0.3) is 0 Å². The Morgan fingerprint density at radius 3 is 2.22 bits per heavy atom. The van der Waals surface area contributed by atoms with Gasteiger partial charge < -0.3 is 14.8 Å². The molecule has 1 heterocycles. The van der Waals surface area contributed by atoms with Crippen LogP contribution >= 0.6 is 0 Å². The third-order valence-corrected chi connectivity index (χ3v) is 5.13. The normalized spacial score (nSPS) is 10.8. The number of aromatic nitrogens is 1. The van der Waals surface area contributed by atoms with Gasteiger partial charge >= 0.3 is 0 Å². The molecule has 0 atom stereocenters. The van der Waals surface area contributed by atoms with E-state index in [0.717, 1.165) is 25.2 Å². The number of benzene rings is 2. The molecule has 0 radical (unpaired) electrons. The Morgan fingerprint density at radius 2 is 1.59 bits per heavy atom. The summed E-state index contributed by atoms with van der Waals surface area (Å²) in [5.41, 5.74) is 2.74. The Kier molecular flexibility index (Phi) is 8.63. The molecule has 0 aliphatic heterocycles. The monoisotopic (exact) mass is 433 g/mol. The van der Waals surface area contributed by atoms with Crippen LogP contribution in [0.4, 0.5) is 0 Å². The minimum absolute atomic E-state index is 0.106. The molecule has 3 aromatic rings. The van der Waals surface area contributed by atoms with Crippen molar-refractivity contribution in [3.8, 4) is 17.4 Å². The number of nitrogens with zero attached hydrogens (tertiary/aromatic N) is 2. The van der Waals surface area contributed by atoms with Crippen molar-refractivity contribution < 1.29 is 14.3 Å². The Labute approximate surface area is 190 Å². The molecule has 1 aromatic heterocycles. The van der Waals surface area contributed by atoms with Crippen LogP contribution in [0.5, 0.6) is 17.4 Å². The number of amides is 1. The summed E-state index contributed by atoms with van der Waals surface area (Å²) in [5, 5.41) is 2.94. The second-order valence-electron chi connectivity index (χ2n) is 7.33. The summed E-state index contributed by atoms with van der Waals surface area (Å²) < 4.78 is 11.4. The molecule has 0 bridgehead atoms. The highest BCUT2D eigenvalue weighted by molar-refractivity contribution is 5.94. The lowest BCUT2D eigenvalue weighted by Gasteiger charge is -2.18. The Bertz CT molecular complexity index is 984. The van der Waals surface area contributed by atoms with E-state index in [2.05, 4.69) is 29.0 Å². The van der Waals surface area contributed by atoms with Crippen LogP contribution in [0.2, 0.25) is 0 Å². The SMILES string of the molecule is CCOc1ccccc1Oc1ccc(CNC(=O)c2ccc(CN(CC)CC)cc2)cn1. The lowest BCUT2D eigenvalue weighted by atomic mass is 10.1. The van der Waals surface area contributed by atoms with Crippen LogP contribution in [0.1, 0.15) is 42.3 Å². The quantitative estimate of drug-likeness (QED) is 0.459. The lowest BCUT2D eigenvalue weighted by Crippen LogP contribution is -2.23. The molecule has 0 saturated heterocycles. The molecule has 0 fully saturated rings. The van der Waals surface area contributed by atoms with Gasteiger partial charge in [-0.05, 0) is 55.4 Å². The van der Waals surface area contributed by atoms with Crippen LogP contribution in [0, 0.1) is 0 Å². The van der Waals surface area contributed by atoms with Gasteiger partial charge in [0.15, 0.2) is 11.5 Å². The standard InChI is InChI=1S/C26H31N3O3/c1-4-29(5-2)19-20-11-14-22(15-12-20)26(30)28-18-21-13-16-25(27-17-21)32-24-10-8-7-9-23(24)31-6-3/h7-17H,4-6,18-19H2,1-3H3,(H,28,30). The average Bonchev–Trinajstić information content (AvgIpc) is 2.83. The number of rotatable bonds is 11. The second-order valence-corrected chi connectivity index (χ2v) is 7.33. The van der Waals surface area contributed by atoms with Crippen LogP contribution in [0.15, 0.2) is 66.9 Å². The van der Waals surface area contributed by atoms with Crippen LogP contribution in [0.3, 0.4) is 0 Å². The van der Waals surface area contributed by atoms with Crippen molar-refractivity contribution in [1.29, 1.82) is 0 Å². The first-order valence-corrected chi connectivity index (χ1v) is 11.1. The molecule has 0 saturated carbocycles. The first-order chi connectivity index (χ1) is 15.6. The van der Waals surface area contributed by atoms with E-state index in [1.165, 1.54) is 5.56 Å². The summed E-state index contributed by atoms with van der Waals surface area (Å²) in [6, 6.07) is 18.9. The molecule has 0 aliphatic carbocycles. The molecule has 0 unspecified atom stereocenters. The largest absolute Gasteiger partial charge is 0.490 e. The van der Waals surface area contributed by atoms with Crippen molar-refractivity contribution in [3.05, 3.63) is 83.6 Å². The summed E-state index contributed by atoms with van der Waals surface area (Å²) in [7, 11) is 0. The van der Waals surface area contributed by atoms with Gasteiger partial charge in [-0.2, -0.15) is 0 Å². The van der Waals surface area contributed by atoms with Gasteiger partial charge in [0.05, 0.1) is 6.61 Å². The van der Waals surface area contributed by atoms with Crippen LogP contribution in [-0.2, 0) is 13.1 Å². The fourth-order valence-electron chi connectivity index (χ4n) is 3.25. The highest BCUT2D eigenvalue weighted by Crippen LogP contribution is 2.30. The third-order valence-electron chi connectivity index (χ3n) is 5.13. The van der Waals surface area contributed by atoms with Crippen molar-refractivity contribution in [2.75, 3.05) is 19.7 Å². The van der Waals surface area contributed by atoms with E-state index in [-0.39, 0.29) is 5.91 Å². The minimum atomic E-state index is -0.106. The Balaban J connectivity index is 1.53. The van der Waals surface area contributed by atoms with Crippen molar-refractivity contribution in [3.63, 3.8) is 0 Å². The van der Waals surface area contributed by atoms with Gasteiger partial charge in [0.1, 0.15) is 0 Å². The van der Waals surface area contributed by atoms with Gasteiger partial charge in [-0.15, -0.1) is 0 Å². The minimum Gasteiger partial charge on any atom is -0.490 e. The maximum Gasteiger partial charge on any atom is 0.251 e. The summed E-state index contributed by atoms with van der Waals surface area (Å²) in [6.07, 6.45) is 1.70. The molecule has 0 aliphatic rings. The number of para-hydroxylation sites is 2. The van der Waals surface area contributed by atoms with Gasteiger partial charge in [0.25, 0.3) is 5.91 Å². The van der Waals surface area contributed by atoms with E-state index in [9.17, 15) is 4.79 Å². The van der Waals surface area contributed by atoms with E-state index < -0.39 is 0 Å². The topological polar surface area (TPSA) is 63.7 Å². The lowest BCUT2D eigenvalue weighted by molar-refractivity contribution is 0.0951. The molecule has 32 heavy (non-hydrogen) atoms. The van der Waals surface area contributed by atoms with Gasteiger partial charge in [-0.1, -0.05) is 44.2 Å². The number of carbonyl (C=O) groups excluding carboxylic acids is 1. The summed E-state index contributed by atoms with van der Waals surface area (Å²) in [5.74, 6) is 1.66. The van der Waals surface area contributed by atoms with Gasteiger partial charge in [-0.3, -0.25) is 9.69 Å². The van der Waals surface area contributed by atoms with Gasteiger partial charge in [0.2, 0.25) is 5.88 Å². The van der Waals surface area contributed by atoms with Crippen LogP contribution in [-0.4, -0.2) is 35.5 Å². The maximum absolute atomic E-state index is 12.5. The zero-order chi connectivity index (χ0) is 22.8. The molecule has 168 valence electrons. The van der Waals surface area contributed by atoms with Crippen molar-refractivity contribution >= 4 is 5.91 Å². The first kappa shape index (κ1) is 23.3. The predicted molar refractivity (Wildman–Crippen MR) is 126 cm³/mol. The maximum atomic E-state index is 12.5. The Hall–Kier alpha value is -3.38. The highest BCUT2D eigenvalue weighted by atomic mass is 16.5. The Morgan fingerprint density at radius 1 is 0.906 bits per heavy atom. The molecule has 0 spiro atoms. The van der Waals surface area contributed by atoms with Crippen LogP contribution < -0.4 is 14.8 Å². The zero-order valence-corrected chi connectivity index (χ0v) is 19.0. The first-order valence-electron chi connectivity index (χ1n) is 11.1. The average molecular weight is 434 g/mol. The second kappa shape index (κ2) is 11.9. The van der Waals surface area contributed by atoms with E-state index in [4.69, 9.17) is 9.47 Å². The number of nitrogens with one attached hydrogen (secondary N) is 1. The zero-order valence-electron chi connectivity index (χ0n) is 19.0. The highest BCUT2D eigenvalue weighted by Gasteiger charge is 2.09. The smallest absolute Gasteiger partial charge is 0.251 e. The fourth-order valence-corrected chi connectivity index (χ4v) is 3.25. The van der Waals surface area contributed by atoms with E-state index in [1.807, 2.05) is 61.5 Å². The summed E-state index contributed by atoms with van der Waals surface area (Å²) in [4.78, 5) is 19.2. The van der Waals surface area contributed by atoms with E-state index in [1.54, 1.807) is 12.3 Å². The third kappa shape index (κ3) is 6.56. The summed E-state index contributed by atoms with van der Waals surface area (Å²) >= 11 is 0. The van der Waals surface area contributed by atoms with Crippen molar-refractivity contribution in [1.82, 2.24) is 15.2 Å². The predicted octanol–water partition coefficient (Wildman–Crippen LogP) is 5.04. The summed E-state index contributed by atoms with van der Waals surface area (Å²) in [6.45, 7) is 10.1. The van der Waals surface area contributed by atoms with Gasteiger partial charge in [-0.25, -0.2) is 4.98 Å². The molecular weight excluding hydrogens is 402 g/mol. The molecule has 1 amide bonds. The van der Waals surface area contributed by atoms with Gasteiger partial charge in [0, 0.05) is 30.9 Å². The fraction of sp³-hybridized carbons (Fsp3) is 0.308. The molecule has 2 aromatic carbocycles. The number of hydrogen-bond acceptors (Lipinski definition) is 5. The molecule has 6 nitrogen and oxygen atoms in total. The molecule has 1 N–H and O–H groups in total. The number of hydrogen-bond donors (Lipinski definition) is 1. The number of carbonyl (C=O) groups is 1. The van der Waals surface area contributed by atoms with E-state index >= 15 is 0 Å².